The molecule has 25 heavy (non-hydrogen) atoms. The van der Waals surface area contributed by atoms with Gasteiger partial charge < -0.3 is 19.8 Å². The Morgan fingerprint density at radius 3 is 2.60 bits per heavy atom. The predicted octanol–water partition coefficient (Wildman–Crippen LogP) is 1.78. The van der Waals surface area contributed by atoms with Gasteiger partial charge in [0.25, 0.3) is 5.91 Å². The van der Waals surface area contributed by atoms with Crippen LogP contribution in [-0.4, -0.2) is 58.7 Å². The summed E-state index contributed by atoms with van der Waals surface area (Å²) in [6.45, 7) is 0.372. The first-order valence-corrected chi connectivity index (χ1v) is 7.92. The number of hydrogen-bond donors (Lipinski definition) is 1. The summed E-state index contributed by atoms with van der Waals surface area (Å²) in [6.07, 6.45) is -3.45. The summed E-state index contributed by atoms with van der Waals surface area (Å²) in [6, 6.07) is 0.0827. The summed E-state index contributed by atoms with van der Waals surface area (Å²) in [4.78, 5) is 32.2. The van der Waals surface area contributed by atoms with Crippen molar-refractivity contribution < 1.29 is 27.9 Å². The van der Waals surface area contributed by atoms with Gasteiger partial charge in [0.1, 0.15) is 6.04 Å². The van der Waals surface area contributed by atoms with Gasteiger partial charge in [-0.3, -0.25) is 4.79 Å². The normalized spacial score (nSPS) is 23.4. The molecule has 3 aliphatic rings. The van der Waals surface area contributed by atoms with E-state index in [0.29, 0.717) is 5.82 Å². The van der Waals surface area contributed by atoms with Crippen molar-refractivity contribution in [2.24, 2.45) is 0 Å². The number of carboxylic acid groups (broad SMARTS) is 1. The lowest BCUT2D eigenvalue weighted by atomic mass is 10.0. The summed E-state index contributed by atoms with van der Waals surface area (Å²) in [5.74, 6) is -0.0448. The van der Waals surface area contributed by atoms with Crippen molar-refractivity contribution in [3.05, 3.63) is 17.8 Å². The van der Waals surface area contributed by atoms with E-state index >= 15 is 0 Å². The van der Waals surface area contributed by atoms with Gasteiger partial charge in [0.05, 0.1) is 17.8 Å². The monoisotopic (exact) mass is 356 g/mol. The Labute approximate surface area is 140 Å². The van der Waals surface area contributed by atoms with Gasteiger partial charge in [-0.2, -0.15) is 13.2 Å². The Morgan fingerprint density at radius 1 is 1.28 bits per heavy atom. The fourth-order valence-corrected chi connectivity index (χ4v) is 3.41. The summed E-state index contributed by atoms with van der Waals surface area (Å²) >= 11 is 0. The average molecular weight is 356 g/mol. The van der Waals surface area contributed by atoms with Crippen LogP contribution in [0.25, 0.3) is 0 Å². The van der Waals surface area contributed by atoms with Crippen molar-refractivity contribution in [2.45, 2.75) is 31.1 Å². The van der Waals surface area contributed by atoms with Crippen molar-refractivity contribution in [1.29, 1.82) is 0 Å². The highest BCUT2D eigenvalue weighted by Gasteiger charge is 2.48. The molecule has 10 heteroatoms. The Kier molecular flexibility index (Phi) is 3.35. The van der Waals surface area contributed by atoms with Crippen LogP contribution in [0.2, 0.25) is 0 Å². The van der Waals surface area contributed by atoms with E-state index in [1.807, 2.05) is 0 Å². The fourth-order valence-electron chi connectivity index (χ4n) is 3.41. The quantitative estimate of drug-likeness (QED) is 0.830. The highest BCUT2D eigenvalue weighted by molar-refractivity contribution is 6.06. The first-order chi connectivity index (χ1) is 11.8. The molecule has 0 bridgehead atoms. The molecule has 0 radical (unpaired) electrons. The van der Waals surface area contributed by atoms with Crippen molar-refractivity contribution in [1.82, 2.24) is 9.88 Å². The lowest BCUT2D eigenvalue weighted by molar-refractivity contribution is -0.138. The van der Waals surface area contributed by atoms with E-state index in [1.54, 1.807) is 4.90 Å². The second-order valence-electron chi connectivity index (χ2n) is 6.44. The number of alkyl halides is 3. The minimum atomic E-state index is -4.54. The molecular weight excluding hydrogens is 341 g/mol. The van der Waals surface area contributed by atoms with Crippen LogP contribution in [0, 0.1) is 0 Å². The SMILES string of the molecule is O=C(O)N1CCN2c3ncc(C(F)(F)F)cc3N(C3CC3)C(=O)[C@@H]2C1. The average Bonchev–Trinajstić information content (AvgIpc) is 3.38. The number of carbonyl (C=O) groups excluding carboxylic acids is 1. The third-order valence-corrected chi connectivity index (χ3v) is 4.79. The van der Waals surface area contributed by atoms with Gasteiger partial charge in [-0.25, -0.2) is 9.78 Å². The molecule has 2 fully saturated rings. The number of amides is 2. The Bertz CT molecular complexity index is 750. The molecule has 3 heterocycles. The smallest absolute Gasteiger partial charge is 0.417 e. The van der Waals surface area contributed by atoms with E-state index in [1.165, 1.54) is 4.90 Å². The number of pyridine rings is 1. The van der Waals surface area contributed by atoms with Gasteiger partial charge in [-0.15, -0.1) is 0 Å². The molecule has 1 aliphatic carbocycles. The molecule has 0 unspecified atom stereocenters. The molecule has 1 saturated carbocycles. The van der Waals surface area contributed by atoms with Gasteiger partial charge in [0, 0.05) is 25.3 Å². The highest BCUT2D eigenvalue weighted by Crippen LogP contribution is 2.44. The third-order valence-electron chi connectivity index (χ3n) is 4.79. The van der Waals surface area contributed by atoms with Crippen LogP contribution in [0.1, 0.15) is 18.4 Å². The molecule has 2 amide bonds. The van der Waals surface area contributed by atoms with Gasteiger partial charge in [-0.1, -0.05) is 0 Å². The molecule has 1 N–H and O–H groups in total. The van der Waals surface area contributed by atoms with Crippen LogP contribution in [0.15, 0.2) is 12.3 Å². The number of aromatic nitrogens is 1. The molecule has 0 spiro atoms. The van der Waals surface area contributed by atoms with Crippen molar-refractivity contribution in [2.75, 3.05) is 29.4 Å². The molecule has 134 valence electrons. The second-order valence-corrected chi connectivity index (χ2v) is 6.44. The minimum Gasteiger partial charge on any atom is -0.465 e. The molecule has 1 aromatic rings. The molecule has 7 nitrogen and oxygen atoms in total. The topological polar surface area (TPSA) is 77.0 Å². The fraction of sp³-hybridized carbons (Fsp3) is 0.533. The highest BCUT2D eigenvalue weighted by atomic mass is 19.4. The van der Waals surface area contributed by atoms with Gasteiger partial charge in [0.2, 0.25) is 0 Å². The number of halogens is 3. The Hall–Kier alpha value is -2.52. The first kappa shape index (κ1) is 16.0. The summed E-state index contributed by atoms with van der Waals surface area (Å²) in [5.41, 5.74) is -0.727. The lowest BCUT2D eigenvalue weighted by Gasteiger charge is -2.46. The van der Waals surface area contributed by atoms with E-state index in [-0.39, 0.29) is 37.3 Å². The summed E-state index contributed by atoms with van der Waals surface area (Å²) < 4.78 is 39.1. The number of nitrogens with zero attached hydrogens (tertiary/aromatic N) is 4. The van der Waals surface area contributed by atoms with E-state index < -0.39 is 23.9 Å². The number of carbonyl (C=O) groups is 2. The van der Waals surface area contributed by atoms with Crippen molar-refractivity contribution in [3.8, 4) is 0 Å². The van der Waals surface area contributed by atoms with Crippen LogP contribution in [0.4, 0.5) is 29.5 Å². The van der Waals surface area contributed by atoms with Crippen LogP contribution in [-0.2, 0) is 11.0 Å². The maximum absolute atomic E-state index is 13.0. The molecular formula is C15H15F3N4O3. The third kappa shape index (κ3) is 2.56. The van der Waals surface area contributed by atoms with E-state index in [2.05, 4.69) is 4.98 Å². The van der Waals surface area contributed by atoms with Crippen LogP contribution in [0.5, 0.6) is 0 Å². The van der Waals surface area contributed by atoms with E-state index in [0.717, 1.165) is 30.0 Å². The Balaban J connectivity index is 1.78. The van der Waals surface area contributed by atoms with Crippen molar-refractivity contribution >= 4 is 23.5 Å². The largest absolute Gasteiger partial charge is 0.465 e. The lowest BCUT2D eigenvalue weighted by Crippen LogP contribution is -2.64. The number of fused-ring (bicyclic) bond motifs is 3. The maximum atomic E-state index is 13.0. The van der Waals surface area contributed by atoms with Gasteiger partial charge in [0.15, 0.2) is 5.82 Å². The zero-order valence-corrected chi connectivity index (χ0v) is 13.0. The molecule has 4 rings (SSSR count). The molecule has 2 aliphatic heterocycles. The van der Waals surface area contributed by atoms with E-state index in [9.17, 15) is 22.8 Å². The first-order valence-electron chi connectivity index (χ1n) is 7.92. The maximum Gasteiger partial charge on any atom is 0.417 e. The van der Waals surface area contributed by atoms with Crippen LogP contribution < -0.4 is 9.80 Å². The summed E-state index contributed by atoms with van der Waals surface area (Å²) in [7, 11) is 0. The number of rotatable bonds is 1. The molecule has 1 saturated heterocycles. The number of anilines is 2. The number of piperazine rings is 1. The molecule has 0 aromatic carbocycles. The molecule has 1 atom stereocenters. The zero-order chi connectivity index (χ0) is 17.9. The Morgan fingerprint density at radius 2 is 2.00 bits per heavy atom. The predicted molar refractivity (Wildman–Crippen MR) is 80.5 cm³/mol. The zero-order valence-electron chi connectivity index (χ0n) is 13.0. The van der Waals surface area contributed by atoms with E-state index in [4.69, 9.17) is 5.11 Å². The van der Waals surface area contributed by atoms with Crippen LogP contribution in [0.3, 0.4) is 0 Å². The summed E-state index contributed by atoms with van der Waals surface area (Å²) in [5, 5.41) is 9.17. The number of hydrogen-bond acceptors (Lipinski definition) is 4. The molecule has 1 aromatic heterocycles. The van der Waals surface area contributed by atoms with Crippen molar-refractivity contribution in [3.63, 3.8) is 0 Å². The van der Waals surface area contributed by atoms with Gasteiger partial charge in [-0.05, 0) is 18.9 Å². The second kappa shape index (κ2) is 5.24. The minimum absolute atomic E-state index is 0.0144. The standard InChI is InChI=1S/C15H15F3N4O3/c16-15(17,18)8-5-10-12(19-6-8)21-4-3-20(14(24)25)7-11(21)13(23)22(10)9-1-2-9/h5-6,9,11H,1-4,7H2,(H,24,25)/t11-/m0/s1. The van der Waals surface area contributed by atoms with Gasteiger partial charge >= 0.3 is 12.3 Å². The van der Waals surface area contributed by atoms with Crippen LogP contribution >= 0.6 is 0 Å².